The average molecular weight is 646 g/mol. The third-order valence-corrected chi connectivity index (χ3v) is 5.60. The maximum Gasteiger partial charge on any atom is 0.460 e. The van der Waals surface area contributed by atoms with Crippen molar-refractivity contribution in [3.8, 4) is 0 Å². The van der Waals surface area contributed by atoms with Crippen LogP contribution in [-0.4, -0.2) is 119 Å². The molecule has 0 aliphatic rings. The highest BCUT2D eigenvalue weighted by atomic mass is 19.4. The maximum atomic E-state index is 14.0. The van der Waals surface area contributed by atoms with Gasteiger partial charge in [0.25, 0.3) is 0 Å². The summed E-state index contributed by atoms with van der Waals surface area (Å²) in [6.07, 6.45) is -14.0. The van der Waals surface area contributed by atoms with Gasteiger partial charge in [-0.1, -0.05) is 0 Å². The summed E-state index contributed by atoms with van der Waals surface area (Å²) in [7, 11) is 0.925. The molecule has 0 aromatic heterocycles. The van der Waals surface area contributed by atoms with Gasteiger partial charge in [0.05, 0.1) is 20.3 Å². The highest BCUT2D eigenvalue weighted by Gasteiger charge is 2.96. The molecule has 1 unspecified atom stereocenters. The van der Waals surface area contributed by atoms with Crippen molar-refractivity contribution >= 4 is 0 Å². The third kappa shape index (κ3) is 5.88. The van der Waals surface area contributed by atoms with Crippen LogP contribution in [0.25, 0.3) is 0 Å². The highest BCUT2D eigenvalue weighted by molar-refractivity contribution is 5.16. The molecular weight excluding hydrogens is 627 g/mol. The van der Waals surface area contributed by atoms with Crippen LogP contribution in [-0.2, 0) is 0 Å². The average Bonchev–Trinajstić information content (AvgIpc) is 2.71. The molecule has 0 saturated heterocycles. The number of hydrogen-bond donors (Lipinski definition) is 3. The lowest BCUT2D eigenvalue weighted by atomic mass is 9.86. The first-order chi connectivity index (χ1) is 17.2. The molecule has 0 aliphatic carbocycles. The Kier molecular flexibility index (Phi) is 10.6. The van der Waals surface area contributed by atoms with Crippen molar-refractivity contribution in [3.05, 3.63) is 0 Å². The molecular formula is C17H19F19NO3+. The summed E-state index contributed by atoms with van der Waals surface area (Å²) in [6, 6.07) is 0. The lowest BCUT2D eigenvalue weighted by molar-refractivity contribution is -0.913. The number of likely N-dealkylation sites (N-methyl/N-ethyl adjacent to an activating group) is 1. The Morgan fingerprint density at radius 3 is 1.05 bits per heavy atom. The van der Waals surface area contributed by atoms with E-state index in [0.717, 1.165) is 7.05 Å². The van der Waals surface area contributed by atoms with Crippen LogP contribution in [0.4, 0.5) is 83.4 Å². The summed E-state index contributed by atoms with van der Waals surface area (Å²) in [6.45, 7) is -4.09. The second-order valence-electron chi connectivity index (χ2n) is 8.78. The largest absolute Gasteiger partial charge is 0.460 e. The van der Waals surface area contributed by atoms with E-state index in [4.69, 9.17) is 10.2 Å². The Labute approximate surface area is 210 Å². The molecule has 3 N–H and O–H groups in total. The Morgan fingerprint density at radius 1 is 0.500 bits per heavy atom. The topological polar surface area (TPSA) is 60.7 Å². The van der Waals surface area contributed by atoms with E-state index in [-0.39, 0.29) is 0 Å². The number of alkyl halides is 19. The van der Waals surface area contributed by atoms with Crippen LogP contribution >= 0.6 is 0 Å². The lowest BCUT2D eigenvalue weighted by Gasteiger charge is -2.44. The van der Waals surface area contributed by atoms with Crippen LogP contribution in [0.15, 0.2) is 0 Å². The van der Waals surface area contributed by atoms with Gasteiger partial charge in [-0.2, -0.15) is 83.4 Å². The summed E-state index contributed by atoms with van der Waals surface area (Å²) in [5, 5.41) is 27.3. The minimum absolute atomic E-state index is 0.564. The lowest BCUT2D eigenvalue weighted by Crippen LogP contribution is -2.75. The molecule has 0 rings (SSSR count). The molecule has 40 heavy (non-hydrogen) atoms. The Morgan fingerprint density at radius 2 is 0.775 bits per heavy atom. The fourth-order valence-electron chi connectivity index (χ4n) is 3.17. The smallest absolute Gasteiger partial charge is 0.391 e. The van der Waals surface area contributed by atoms with Crippen molar-refractivity contribution in [2.45, 2.75) is 66.1 Å². The van der Waals surface area contributed by atoms with E-state index < -0.39 is 103 Å². The van der Waals surface area contributed by atoms with E-state index in [0.29, 0.717) is 0 Å². The molecule has 0 spiro atoms. The quantitative estimate of drug-likeness (QED) is 0.177. The van der Waals surface area contributed by atoms with Crippen LogP contribution in [0.1, 0.15) is 6.42 Å². The molecule has 0 saturated carbocycles. The normalized spacial score (nSPS) is 16.9. The minimum atomic E-state index is -9.00. The third-order valence-electron chi connectivity index (χ3n) is 5.60. The molecule has 0 fully saturated rings. The van der Waals surface area contributed by atoms with Gasteiger partial charge in [-0.25, -0.2) is 0 Å². The summed E-state index contributed by atoms with van der Waals surface area (Å²) in [5.41, 5.74) is 0. The van der Waals surface area contributed by atoms with Gasteiger partial charge in [0.1, 0.15) is 25.7 Å². The standard InChI is InChI=1S/C17H19F19NO3/c1-37(2-4-38,3-5-39)7-8(40)6-9(18,19)10(20,21)11(22,23)12(24,25)13(26,27)14(28,29)15(30,31)16(32,33)17(34,35)36/h8,38-40H,2-7H2,1H3/q+1. The first-order valence-corrected chi connectivity index (χ1v) is 10.0. The SMILES string of the molecule is C[N+](CCO)(CCO)CC(O)CC(F)(F)C(F)(F)C(F)(F)C(F)(F)C(F)(F)C(F)(F)C(F)(F)C(F)(F)C(F)(F)F. The summed E-state index contributed by atoms with van der Waals surface area (Å²) >= 11 is 0. The van der Waals surface area contributed by atoms with Gasteiger partial charge in [0, 0.05) is 6.42 Å². The fraction of sp³-hybridized carbons (Fsp3) is 1.00. The van der Waals surface area contributed by atoms with Crippen molar-refractivity contribution in [3.63, 3.8) is 0 Å². The van der Waals surface area contributed by atoms with E-state index in [1.54, 1.807) is 0 Å². The summed E-state index contributed by atoms with van der Waals surface area (Å²) in [5.74, 6) is -67.4. The van der Waals surface area contributed by atoms with Crippen molar-refractivity contribution in [1.29, 1.82) is 0 Å². The molecule has 4 nitrogen and oxygen atoms in total. The molecule has 0 amide bonds. The summed E-state index contributed by atoms with van der Waals surface area (Å²) < 4.78 is 252. The molecule has 0 radical (unpaired) electrons. The van der Waals surface area contributed by atoms with Gasteiger partial charge < -0.3 is 19.8 Å². The number of nitrogens with zero attached hydrogens (tertiary/aromatic N) is 1. The molecule has 0 aromatic rings. The number of aliphatic hydroxyl groups excluding tert-OH is 3. The molecule has 242 valence electrons. The molecule has 1 atom stereocenters. The van der Waals surface area contributed by atoms with Gasteiger partial charge in [0.15, 0.2) is 0 Å². The zero-order valence-electron chi connectivity index (χ0n) is 19.3. The van der Waals surface area contributed by atoms with Crippen molar-refractivity contribution in [1.82, 2.24) is 0 Å². The van der Waals surface area contributed by atoms with Gasteiger partial charge in [-0.15, -0.1) is 0 Å². The predicted octanol–water partition coefficient (Wildman–Crippen LogP) is 4.81. The van der Waals surface area contributed by atoms with Crippen LogP contribution in [0.5, 0.6) is 0 Å². The summed E-state index contributed by atoms with van der Waals surface area (Å²) in [4.78, 5) is 0. The molecule has 0 bridgehead atoms. The maximum absolute atomic E-state index is 14.0. The van der Waals surface area contributed by atoms with Crippen molar-refractivity contribution in [2.75, 3.05) is 39.9 Å². The van der Waals surface area contributed by atoms with Crippen LogP contribution in [0.2, 0.25) is 0 Å². The number of halogens is 19. The van der Waals surface area contributed by atoms with Gasteiger partial charge >= 0.3 is 53.6 Å². The van der Waals surface area contributed by atoms with E-state index in [9.17, 15) is 88.5 Å². The number of quaternary nitrogens is 1. The first-order valence-electron chi connectivity index (χ1n) is 10.0. The molecule has 0 aliphatic heterocycles. The Hall–Kier alpha value is -1.49. The zero-order chi connectivity index (χ0) is 32.8. The number of hydrogen-bond acceptors (Lipinski definition) is 3. The van der Waals surface area contributed by atoms with Crippen LogP contribution in [0.3, 0.4) is 0 Å². The molecule has 0 heterocycles. The van der Waals surface area contributed by atoms with E-state index in [1.807, 2.05) is 0 Å². The van der Waals surface area contributed by atoms with Crippen molar-refractivity contribution in [2.24, 2.45) is 0 Å². The van der Waals surface area contributed by atoms with E-state index in [1.165, 1.54) is 0 Å². The first kappa shape index (κ1) is 38.5. The zero-order valence-corrected chi connectivity index (χ0v) is 19.3. The fourth-order valence-corrected chi connectivity index (χ4v) is 3.17. The van der Waals surface area contributed by atoms with Gasteiger partial charge in [-0.05, 0) is 0 Å². The second-order valence-corrected chi connectivity index (χ2v) is 8.78. The van der Waals surface area contributed by atoms with Crippen LogP contribution in [0, 0.1) is 0 Å². The van der Waals surface area contributed by atoms with E-state index >= 15 is 0 Å². The highest BCUT2D eigenvalue weighted by Crippen LogP contribution is 2.65. The molecule has 23 heteroatoms. The second kappa shape index (κ2) is 11.0. The Bertz CT molecular complexity index is 851. The minimum Gasteiger partial charge on any atom is -0.391 e. The van der Waals surface area contributed by atoms with E-state index in [2.05, 4.69) is 0 Å². The predicted molar refractivity (Wildman–Crippen MR) is 91.2 cm³/mol. The molecule has 0 aromatic carbocycles. The van der Waals surface area contributed by atoms with Gasteiger partial charge in [-0.3, -0.25) is 0 Å². The van der Waals surface area contributed by atoms with Gasteiger partial charge in [0.2, 0.25) is 0 Å². The number of aliphatic hydroxyl groups is 3. The number of rotatable bonds is 15. The Balaban J connectivity index is 6.65. The van der Waals surface area contributed by atoms with Crippen LogP contribution < -0.4 is 0 Å². The monoisotopic (exact) mass is 646 g/mol. The van der Waals surface area contributed by atoms with Crippen molar-refractivity contribution < 1.29 is 103 Å².